The molecule has 0 radical (unpaired) electrons. The molecule has 0 atom stereocenters. The molecular formula is C12H10Cl2INO3. The standard InChI is InChI=1S/C12H10Cl2INO3/c13-7-2-8(11(15)9(14)3-7)12(19)16-4-6(5-16)1-10(17)18/h2-3,6H,1,4-5H2,(H,17,18). The summed E-state index contributed by atoms with van der Waals surface area (Å²) < 4.78 is 0.662. The number of hydrogen-bond acceptors (Lipinski definition) is 2. The van der Waals surface area contributed by atoms with E-state index in [2.05, 4.69) is 0 Å². The molecule has 0 saturated carbocycles. The highest BCUT2D eigenvalue weighted by Gasteiger charge is 2.33. The molecule has 1 N–H and O–H groups in total. The molecule has 1 aliphatic heterocycles. The molecule has 1 aromatic rings. The molecule has 0 unspecified atom stereocenters. The van der Waals surface area contributed by atoms with Gasteiger partial charge in [0.2, 0.25) is 0 Å². The van der Waals surface area contributed by atoms with Crippen molar-refractivity contribution in [1.82, 2.24) is 4.90 Å². The van der Waals surface area contributed by atoms with Crippen molar-refractivity contribution in [3.63, 3.8) is 0 Å². The number of halogens is 3. The molecule has 1 fully saturated rings. The van der Waals surface area contributed by atoms with Gasteiger partial charge in [0.15, 0.2) is 0 Å². The maximum absolute atomic E-state index is 12.2. The predicted octanol–water partition coefficient (Wildman–Crippen LogP) is 3.14. The van der Waals surface area contributed by atoms with E-state index in [0.717, 1.165) is 0 Å². The molecule has 1 aliphatic rings. The zero-order chi connectivity index (χ0) is 14.2. The van der Waals surface area contributed by atoms with Crippen LogP contribution in [0.15, 0.2) is 12.1 Å². The first kappa shape index (κ1) is 14.9. The van der Waals surface area contributed by atoms with Crippen LogP contribution < -0.4 is 0 Å². The van der Waals surface area contributed by atoms with Gasteiger partial charge in [-0.15, -0.1) is 0 Å². The van der Waals surface area contributed by atoms with Crippen molar-refractivity contribution in [3.05, 3.63) is 31.3 Å². The fourth-order valence-electron chi connectivity index (χ4n) is 1.99. The number of carbonyl (C=O) groups is 2. The summed E-state index contributed by atoms with van der Waals surface area (Å²) in [5.74, 6) is -0.957. The van der Waals surface area contributed by atoms with E-state index in [0.29, 0.717) is 32.3 Å². The minimum absolute atomic E-state index is 0.0359. The van der Waals surface area contributed by atoms with Crippen molar-refractivity contribution >= 4 is 57.7 Å². The predicted molar refractivity (Wildman–Crippen MR) is 80.8 cm³/mol. The van der Waals surface area contributed by atoms with E-state index in [9.17, 15) is 9.59 Å². The first-order chi connectivity index (χ1) is 8.88. The molecule has 0 bridgehead atoms. The maximum Gasteiger partial charge on any atom is 0.303 e. The fourth-order valence-corrected chi connectivity index (χ4v) is 3.03. The Hall–Kier alpha value is -0.530. The SMILES string of the molecule is O=C(O)CC1CN(C(=O)c2cc(Cl)cc(Cl)c2I)C1. The Balaban J connectivity index is 2.08. The highest BCUT2D eigenvalue weighted by Crippen LogP contribution is 2.30. The molecule has 7 heteroatoms. The van der Waals surface area contributed by atoms with Gasteiger partial charge in [0, 0.05) is 27.6 Å². The summed E-state index contributed by atoms with van der Waals surface area (Å²) in [6, 6.07) is 3.17. The van der Waals surface area contributed by atoms with Gasteiger partial charge in [-0.2, -0.15) is 0 Å². The summed E-state index contributed by atoms with van der Waals surface area (Å²) in [4.78, 5) is 24.4. The topological polar surface area (TPSA) is 57.6 Å². The fraction of sp³-hybridized carbons (Fsp3) is 0.333. The molecule has 19 heavy (non-hydrogen) atoms. The van der Waals surface area contributed by atoms with Crippen molar-refractivity contribution in [2.24, 2.45) is 5.92 Å². The molecule has 102 valence electrons. The Morgan fingerprint density at radius 2 is 2.00 bits per heavy atom. The average molecular weight is 414 g/mol. The Morgan fingerprint density at radius 3 is 2.58 bits per heavy atom. The Bertz CT molecular complexity index is 544. The molecule has 1 amide bonds. The third-order valence-electron chi connectivity index (χ3n) is 2.93. The lowest BCUT2D eigenvalue weighted by Gasteiger charge is -2.38. The van der Waals surface area contributed by atoms with Crippen molar-refractivity contribution in [2.75, 3.05) is 13.1 Å². The zero-order valence-electron chi connectivity index (χ0n) is 9.70. The number of benzene rings is 1. The van der Waals surface area contributed by atoms with Crippen LogP contribution in [0.2, 0.25) is 10.0 Å². The Morgan fingerprint density at radius 1 is 1.37 bits per heavy atom. The first-order valence-electron chi connectivity index (χ1n) is 5.54. The van der Waals surface area contributed by atoms with Crippen LogP contribution in [0, 0.1) is 9.49 Å². The van der Waals surface area contributed by atoms with Gasteiger partial charge in [-0.25, -0.2) is 0 Å². The van der Waals surface area contributed by atoms with Gasteiger partial charge >= 0.3 is 5.97 Å². The highest BCUT2D eigenvalue weighted by molar-refractivity contribution is 14.1. The van der Waals surface area contributed by atoms with Gasteiger partial charge in [0.25, 0.3) is 5.91 Å². The lowest BCUT2D eigenvalue weighted by atomic mass is 9.95. The molecule has 0 aromatic heterocycles. The number of carboxylic acid groups (broad SMARTS) is 1. The minimum Gasteiger partial charge on any atom is -0.481 e. The lowest BCUT2D eigenvalue weighted by Crippen LogP contribution is -2.50. The number of rotatable bonds is 3. The quantitative estimate of drug-likeness (QED) is 0.611. The van der Waals surface area contributed by atoms with Gasteiger partial charge in [0.05, 0.1) is 17.0 Å². The van der Waals surface area contributed by atoms with Crippen LogP contribution in [0.5, 0.6) is 0 Å². The van der Waals surface area contributed by atoms with Gasteiger partial charge in [0.1, 0.15) is 0 Å². The number of aliphatic carboxylic acids is 1. The first-order valence-corrected chi connectivity index (χ1v) is 7.37. The number of carbonyl (C=O) groups excluding carboxylic acids is 1. The molecular weight excluding hydrogens is 404 g/mol. The van der Waals surface area contributed by atoms with Crippen LogP contribution in [0.3, 0.4) is 0 Å². The summed E-state index contributed by atoms with van der Waals surface area (Å²) in [5.41, 5.74) is 0.465. The molecule has 4 nitrogen and oxygen atoms in total. The molecule has 1 aromatic carbocycles. The van der Waals surface area contributed by atoms with Gasteiger partial charge in [-0.1, -0.05) is 23.2 Å². The monoisotopic (exact) mass is 413 g/mol. The number of hydrogen-bond donors (Lipinski definition) is 1. The van der Waals surface area contributed by atoms with Crippen LogP contribution >= 0.6 is 45.8 Å². The smallest absolute Gasteiger partial charge is 0.303 e. The second kappa shape index (κ2) is 5.85. The second-order valence-corrected chi connectivity index (χ2v) is 6.35. The zero-order valence-corrected chi connectivity index (χ0v) is 13.4. The summed E-state index contributed by atoms with van der Waals surface area (Å²) >= 11 is 13.9. The van der Waals surface area contributed by atoms with Crippen molar-refractivity contribution in [3.8, 4) is 0 Å². The van der Waals surface area contributed by atoms with Crippen molar-refractivity contribution in [1.29, 1.82) is 0 Å². The van der Waals surface area contributed by atoms with Crippen molar-refractivity contribution < 1.29 is 14.7 Å². The Kier molecular flexibility index (Phi) is 4.58. The summed E-state index contributed by atoms with van der Waals surface area (Å²) in [7, 11) is 0. The van der Waals surface area contributed by atoms with Crippen LogP contribution in [-0.2, 0) is 4.79 Å². The van der Waals surface area contributed by atoms with Crippen LogP contribution in [0.1, 0.15) is 16.8 Å². The van der Waals surface area contributed by atoms with Gasteiger partial charge in [-0.05, 0) is 34.7 Å². The third kappa shape index (κ3) is 3.32. The largest absolute Gasteiger partial charge is 0.481 e. The normalized spacial score (nSPS) is 15.2. The van der Waals surface area contributed by atoms with E-state index in [4.69, 9.17) is 28.3 Å². The molecule has 1 heterocycles. The number of likely N-dealkylation sites (tertiary alicyclic amines) is 1. The van der Waals surface area contributed by atoms with E-state index in [1.54, 1.807) is 17.0 Å². The number of amides is 1. The van der Waals surface area contributed by atoms with Crippen LogP contribution in [-0.4, -0.2) is 35.0 Å². The van der Waals surface area contributed by atoms with Gasteiger partial charge in [-0.3, -0.25) is 9.59 Å². The Labute approximate surface area is 133 Å². The molecule has 0 aliphatic carbocycles. The van der Waals surface area contributed by atoms with E-state index < -0.39 is 5.97 Å². The third-order valence-corrected chi connectivity index (χ3v) is 4.93. The second-order valence-electron chi connectivity index (χ2n) is 4.42. The maximum atomic E-state index is 12.2. The summed E-state index contributed by atoms with van der Waals surface area (Å²) in [5, 5.41) is 9.53. The van der Waals surface area contributed by atoms with E-state index in [1.165, 1.54) is 0 Å². The van der Waals surface area contributed by atoms with Crippen LogP contribution in [0.4, 0.5) is 0 Å². The van der Waals surface area contributed by atoms with Crippen LogP contribution in [0.25, 0.3) is 0 Å². The molecule has 2 rings (SSSR count). The van der Waals surface area contributed by atoms with Gasteiger partial charge < -0.3 is 10.0 Å². The van der Waals surface area contributed by atoms with E-state index >= 15 is 0 Å². The number of carboxylic acids is 1. The summed E-state index contributed by atoms with van der Waals surface area (Å²) in [6.45, 7) is 0.927. The van der Waals surface area contributed by atoms with Crippen molar-refractivity contribution in [2.45, 2.75) is 6.42 Å². The average Bonchev–Trinajstić information content (AvgIpc) is 2.26. The molecule has 1 saturated heterocycles. The van der Waals surface area contributed by atoms with E-state index in [-0.39, 0.29) is 18.2 Å². The number of nitrogens with zero attached hydrogens (tertiary/aromatic N) is 1. The highest BCUT2D eigenvalue weighted by atomic mass is 127. The minimum atomic E-state index is -0.836. The van der Waals surface area contributed by atoms with E-state index in [1.807, 2.05) is 22.6 Å². The lowest BCUT2D eigenvalue weighted by molar-refractivity contribution is -0.139. The summed E-state index contributed by atoms with van der Waals surface area (Å²) in [6.07, 6.45) is 0.0944. The molecule has 0 spiro atoms.